The molecule has 0 aliphatic heterocycles. The van der Waals surface area contributed by atoms with Gasteiger partial charge in [0.25, 0.3) is 0 Å². The Bertz CT molecular complexity index is 359. The van der Waals surface area contributed by atoms with Crippen LogP contribution in [0.5, 0.6) is 0 Å². The van der Waals surface area contributed by atoms with Gasteiger partial charge < -0.3 is 10.0 Å². The third-order valence-corrected chi connectivity index (χ3v) is 3.42. The molecule has 1 aromatic rings. The normalized spacial score (nSPS) is 16.7. The van der Waals surface area contributed by atoms with Gasteiger partial charge in [0.2, 0.25) is 0 Å². The fourth-order valence-electron chi connectivity index (χ4n) is 2.47. The summed E-state index contributed by atoms with van der Waals surface area (Å²) in [6.45, 7) is 2.07. The zero-order chi connectivity index (χ0) is 11.5. The Labute approximate surface area is 97.1 Å². The second kappa shape index (κ2) is 4.83. The van der Waals surface area contributed by atoms with Crippen molar-refractivity contribution in [3.63, 3.8) is 0 Å². The molecule has 1 heterocycles. The van der Waals surface area contributed by atoms with Crippen LogP contribution in [-0.2, 0) is 6.61 Å². The van der Waals surface area contributed by atoms with Crippen LogP contribution in [0.4, 0.5) is 5.82 Å². The molecule has 0 aromatic carbocycles. The van der Waals surface area contributed by atoms with Crippen molar-refractivity contribution in [3.8, 4) is 0 Å². The van der Waals surface area contributed by atoms with E-state index in [1.165, 1.54) is 25.7 Å². The molecule has 1 saturated carbocycles. The highest BCUT2D eigenvalue weighted by Gasteiger charge is 2.20. The molecule has 0 atom stereocenters. The van der Waals surface area contributed by atoms with Gasteiger partial charge >= 0.3 is 0 Å². The van der Waals surface area contributed by atoms with Gasteiger partial charge in [0, 0.05) is 18.8 Å². The van der Waals surface area contributed by atoms with E-state index in [0.717, 1.165) is 17.1 Å². The summed E-state index contributed by atoms with van der Waals surface area (Å²) in [5, 5.41) is 9.19. The van der Waals surface area contributed by atoms with Crippen molar-refractivity contribution < 1.29 is 5.11 Å². The summed E-state index contributed by atoms with van der Waals surface area (Å²) < 4.78 is 0. The Balaban J connectivity index is 2.21. The molecule has 1 aliphatic rings. The van der Waals surface area contributed by atoms with Gasteiger partial charge in [0.15, 0.2) is 0 Å². The molecule has 1 N–H and O–H groups in total. The number of aryl methyl sites for hydroxylation is 1. The third-order valence-electron chi connectivity index (χ3n) is 3.42. The van der Waals surface area contributed by atoms with Crippen LogP contribution in [0.2, 0.25) is 0 Å². The van der Waals surface area contributed by atoms with Crippen LogP contribution in [0.1, 0.15) is 36.9 Å². The molecule has 2 rings (SSSR count). The Morgan fingerprint density at radius 1 is 1.38 bits per heavy atom. The fraction of sp³-hybridized carbons (Fsp3) is 0.615. The highest BCUT2D eigenvalue weighted by molar-refractivity contribution is 5.43. The number of hydrogen-bond donors (Lipinski definition) is 1. The molecule has 0 spiro atoms. The number of aromatic nitrogens is 1. The number of hydrogen-bond acceptors (Lipinski definition) is 3. The maximum absolute atomic E-state index is 9.19. The summed E-state index contributed by atoms with van der Waals surface area (Å²) in [5.74, 6) is 0.996. The zero-order valence-corrected chi connectivity index (χ0v) is 10.1. The summed E-state index contributed by atoms with van der Waals surface area (Å²) in [4.78, 5) is 6.80. The minimum atomic E-state index is 0.0921. The van der Waals surface area contributed by atoms with E-state index < -0.39 is 0 Å². The lowest BCUT2D eigenvalue weighted by atomic mass is 10.2. The van der Waals surface area contributed by atoms with Crippen LogP contribution in [0.15, 0.2) is 12.1 Å². The van der Waals surface area contributed by atoms with E-state index in [1.807, 2.05) is 19.1 Å². The van der Waals surface area contributed by atoms with Gasteiger partial charge in [0.1, 0.15) is 5.82 Å². The molecule has 16 heavy (non-hydrogen) atoms. The van der Waals surface area contributed by atoms with Gasteiger partial charge in [-0.25, -0.2) is 4.98 Å². The van der Waals surface area contributed by atoms with Gasteiger partial charge in [-0.05, 0) is 37.5 Å². The topological polar surface area (TPSA) is 36.4 Å². The van der Waals surface area contributed by atoms with Crippen molar-refractivity contribution in [2.24, 2.45) is 0 Å². The van der Waals surface area contributed by atoms with Gasteiger partial charge in [-0.15, -0.1) is 0 Å². The summed E-state index contributed by atoms with van der Waals surface area (Å²) in [7, 11) is 2.11. The molecule has 0 unspecified atom stereocenters. The van der Waals surface area contributed by atoms with E-state index in [4.69, 9.17) is 0 Å². The number of aliphatic hydroxyl groups is 1. The molecule has 3 nitrogen and oxygen atoms in total. The monoisotopic (exact) mass is 220 g/mol. The molecule has 0 radical (unpaired) electrons. The number of anilines is 1. The van der Waals surface area contributed by atoms with E-state index in [9.17, 15) is 5.11 Å². The van der Waals surface area contributed by atoms with Crippen molar-refractivity contribution in [1.29, 1.82) is 0 Å². The average molecular weight is 220 g/mol. The van der Waals surface area contributed by atoms with Crippen molar-refractivity contribution in [1.82, 2.24) is 4.98 Å². The highest BCUT2D eigenvalue weighted by Crippen LogP contribution is 2.26. The van der Waals surface area contributed by atoms with E-state index in [2.05, 4.69) is 16.9 Å². The smallest absolute Gasteiger partial charge is 0.129 e. The van der Waals surface area contributed by atoms with Gasteiger partial charge in [-0.2, -0.15) is 0 Å². The number of pyridine rings is 1. The average Bonchev–Trinajstić information content (AvgIpc) is 2.80. The molecule has 1 aliphatic carbocycles. The maximum Gasteiger partial charge on any atom is 0.129 e. The molecular formula is C13H20N2O. The lowest BCUT2D eigenvalue weighted by molar-refractivity contribution is 0.281. The molecule has 0 bridgehead atoms. The molecule has 1 fully saturated rings. The highest BCUT2D eigenvalue weighted by atomic mass is 16.3. The van der Waals surface area contributed by atoms with E-state index in [0.29, 0.717) is 6.04 Å². The van der Waals surface area contributed by atoms with Crippen LogP contribution >= 0.6 is 0 Å². The standard InChI is InChI=1S/C13H20N2O/c1-10-7-11(9-16)8-13(14-10)15(2)12-5-3-4-6-12/h7-8,12,16H,3-6,9H2,1-2H3. The summed E-state index contributed by atoms with van der Waals surface area (Å²) in [6, 6.07) is 4.55. The first-order valence-electron chi connectivity index (χ1n) is 6.02. The molecule has 1 aromatic heterocycles. The number of aliphatic hydroxyl groups excluding tert-OH is 1. The lowest BCUT2D eigenvalue weighted by Crippen LogP contribution is -2.29. The van der Waals surface area contributed by atoms with Crippen LogP contribution < -0.4 is 4.90 Å². The molecule has 0 saturated heterocycles. The van der Waals surface area contributed by atoms with Crippen molar-refractivity contribution in [3.05, 3.63) is 23.4 Å². The predicted octanol–water partition coefficient (Wildman–Crippen LogP) is 2.26. The maximum atomic E-state index is 9.19. The SMILES string of the molecule is Cc1cc(CO)cc(N(C)C2CCCC2)n1. The van der Waals surface area contributed by atoms with E-state index >= 15 is 0 Å². The van der Waals surface area contributed by atoms with Crippen LogP contribution in [0.25, 0.3) is 0 Å². The summed E-state index contributed by atoms with van der Waals surface area (Å²) in [5.41, 5.74) is 1.93. The van der Waals surface area contributed by atoms with E-state index in [1.54, 1.807) is 0 Å². The third kappa shape index (κ3) is 2.35. The Morgan fingerprint density at radius 2 is 2.06 bits per heavy atom. The predicted molar refractivity (Wildman–Crippen MR) is 65.6 cm³/mol. The Kier molecular flexibility index (Phi) is 3.44. The fourth-order valence-corrected chi connectivity index (χ4v) is 2.47. The van der Waals surface area contributed by atoms with Crippen molar-refractivity contribution in [2.75, 3.05) is 11.9 Å². The number of nitrogens with zero attached hydrogens (tertiary/aromatic N) is 2. The van der Waals surface area contributed by atoms with Gasteiger partial charge in [-0.3, -0.25) is 0 Å². The summed E-state index contributed by atoms with van der Waals surface area (Å²) in [6.07, 6.45) is 5.18. The largest absolute Gasteiger partial charge is 0.392 e. The van der Waals surface area contributed by atoms with Crippen LogP contribution in [-0.4, -0.2) is 23.2 Å². The minimum Gasteiger partial charge on any atom is -0.392 e. The summed E-state index contributed by atoms with van der Waals surface area (Å²) >= 11 is 0. The van der Waals surface area contributed by atoms with E-state index in [-0.39, 0.29) is 6.61 Å². The molecular weight excluding hydrogens is 200 g/mol. The lowest BCUT2D eigenvalue weighted by Gasteiger charge is -2.26. The minimum absolute atomic E-state index is 0.0921. The number of rotatable bonds is 3. The van der Waals surface area contributed by atoms with Crippen LogP contribution in [0.3, 0.4) is 0 Å². The molecule has 88 valence electrons. The van der Waals surface area contributed by atoms with Crippen LogP contribution in [0, 0.1) is 6.92 Å². The van der Waals surface area contributed by atoms with Crippen molar-refractivity contribution in [2.45, 2.75) is 45.3 Å². The first kappa shape index (κ1) is 11.4. The second-order valence-electron chi connectivity index (χ2n) is 4.68. The Morgan fingerprint density at radius 3 is 2.69 bits per heavy atom. The van der Waals surface area contributed by atoms with Crippen molar-refractivity contribution >= 4 is 5.82 Å². The molecule has 3 heteroatoms. The van der Waals surface area contributed by atoms with Gasteiger partial charge in [-0.1, -0.05) is 12.8 Å². The molecule has 0 amide bonds. The first-order valence-corrected chi connectivity index (χ1v) is 6.02. The quantitative estimate of drug-likeness (QED) is 0.849. The first-order chi connectivity index (χ1) is 7.70. The second-order valence-corrected chi connectivity index (χ2v) is 4.68. The van der Waals surface area contributed by atoms with Gasteiger partial charge in [0.05, 0.1) is 6.61 Å². The Hall–Kier alpha value is -1.09. The zero-order valence-electron chi connectivity index (χ0n) is 10.1.